The topological polar surface area (TPSA) is 38.8 Å². The van der Waals surface area contributed by atoms with Gasteiger partial charge in [-0.05, 0) is 11.1 Å². The van der Waals surface area contributed by atoms with Crippen molar-refractivity contribution in [2.75, 3.05) is 0 Å². The number of rotatable bonds is 4. The fourth-order valence-corrected chi connectivity index (χ4v) is 2.71. The van der Waals surface area contributed by atoms with E-state index in [-0.39, 0.29) is 12.0 Å². The van der Waals surface area contributed by atoms with Crippen molar-refractivity contribution in [3.8, 4) is 0 Å². The molecule has 0 N–H and O–H groups in total. The first-order valence-electron chi connectivity index (χ1n) is 7.42. The van der Waals surface area contributed by atoms with Gasteiger partial charge in [0.05, 0.1) is 6.04 Å². The van der Waals surface area contributed by atoms with E-state index in [4.69, 9.17) is 9.57 Å². The summed E-state index contributed by atoms with van der Waals surface area (Å²) in [5, 5.41) is 1.90. The number of hydroxylamine groups is 2. The van der Waals surface area contributed by atoms with E-state index in [0.717, 1.165) is 11.1 Å². The quantitative estimate of drug-likeness (QED) is 0.810. The van der Waals surface area contributed by atoms with Crippen molar-refractivity contribution in [1.82, 2.24) is 5.06 Å². The SMILES string of the molecule is CC(=O)O[C@@H]1C[C@H](c2ccccc2)N(Cc2ccccc2)O1. The molecule has 3 rings (SSSR count). The maximum atomic E-state index is 11.2. The molecule has 2 aromatic rings. The van der Waals surface area contributed by atoms with Crippen LogP contribution in [0.5, 0.6) is 0 Å². The standard InChI is InChI=1S/C18H19NO3/c1-14(20)21-18-12-17(16-10-6-3-7-11-16)19(22-18)13-15-8-4-2-5-9-15/h2-11,17-18H,12-13H2,1H3/t17-,18+/m1/s1. The van der Waals surface area contributed by atoms with Gasteiger partial charge in [0.2, 0.25) is 6.29 Å². The Hall–Kier alpha value is -2.17. The molecule has 1 aliphatic heterocycles. The van der Waals surface area contributed by atoms with Gasteiger partial charge in [0.1, 0.15) is 0 Å². The van der Waals surface area contributed by atoms with Crippen molar-refractivity contribution in [2.45, 2.75) is 32.2 Å². The lowest BCUT2D eigenvalue weighted by atomic mass is 10.0. The molecule has 22 heavy (non-hydrogen) atoms. The number of hydrogen-bond donors (Lipinski definition) is 0. The second-order valence-corrected chi connectivity index (χ2v) is 5.37. The summed E-state index contributed by atoms with van der Waals surface area (Å²) >= 11 is 0. The summed E-state index contributed by atoms with van der Waals surface area (Å²) in [7, 11) is 0. The van der Waals surface area contributed by atoms with Gasteiger partial charge in [0.25, 0.3) is 0 Å². The van der Waals surface area contributed by atoms with Crippen LogP contribution in [0.3, 0.4) is 0 Å². The number of benzene rings is 2. The third kappa shape index (κ3) is 3.53. The Kier molecular flexibility index (Phi) is 4.51. The number of carbonyl (C=O) groups is 1. The summed E-state index contributed by atoms with van der Waals surface area (Å²) in [5.41, 5.74) is 2.32. The van der Waals surface area contributed by atoms with Gasteiger partial charge < -0.3 is 4.74 Å². The molecule has 0 bridgehead atoms. The molecular weight excluding hydrogens is 278 g/mol. The molecule has 0 radical (unpaired) electrons. The first-order chi connectivity index (χ1) is 10.7. The summed E-state index contributed by atoms with van der Waals surface area (Å²) < 4.78 is 5.23. The van der Waals surface area contributed by atoms with Crippen LogP contribution in [0, 0.1) is 0 Å². The van der Waals surface area contributed by atoms with Gasteiger partial charge in [-0.3, -0.25) is 9.63 Å². The van der Waals surface area contributed by atoms with Gasteiger partial charge in [-0.25, -0.2) is 0 Å². The molecular formula is C18H19NO3. The van der Waals surface area contributed by atoms with Crippen molar-refractivity contribution in [1.29, 1.82) is 0 Å². The average molecular weight is 297 g/mol. The highest BCUT2D eigenvalue weighted by Crippen LogP contribution is 2.35. The summed E-state index contributed by atoms with van der Waals surface area (Å²) in [4.78, 5) is 17.0. The smallest absolute Gasteiger partial charge is 0.304 e. The van der Waals surface area contributed by atoms with Gasteiger partial charge in [0.15, 0.2) is 0 Å². The molecule has 1 fully saturated rings. The molecule has 0 amide bonds. The van der Waals surface area contributed by atoms with Crippen molar-refractivity contribution in [2.24, 2.45) is 0 Å². The minimum Gasteiger partial charge on any atom is -0.434 e. The van der Waals surface area contributed by atoms with E-state index in [9.17, 15) is 4.79 Å². The monoisotopic (exact) mass is 297 g/mol. The maximum absolute atomic E-state index is 11.2. The third-order valence-electron chi connectivity index (χ3n) is 3.68. The van der Waals surface area contributed by atoms with Gasteiger partial charge >= 0.3 is 5.97 Å². The molecule has 4 nitrogen and oxygen atoms in total. The Morgan fingerprint density at radius 3 is 2.41 bits per heavy atom. The highest BCUT2D eigenvalue weighted by atomic mass is 16.8. The van der Waals surface area contributed by atoms with Gasteiger partial charge in [0, 0.05) is 19.9 Å². The van der Waals surface area contributed by atoms with Crippen LogP contribution in [-0.2, 0) is 20.9 Å². The van der Waals surface area contributed by atoms with Crippen LogP contribution in [0.15, 0.2) is 60.7 Å². The van der Waals surface area contributed by atoms with Crippen LogP contribution in [0.4, 0.5) is 0 Å². The summed E-state index contributed by atoms with van der Waals surface area (Å²) in [6, 6.07) is 20.4. The molecule has 1 aliphatic rings. The Bertz CT molecular complexity index is 615. The molecule has 2 atom stereocenters. The zero-order chi connectivity index (χ0) is 15.4. The van der Waals surface area contributed by atoms with Crippen molar-refractivity contribution in [3.05, 3.63) is 71.8 Å². The normalized spacial score (nSPS) is 21.7. The van der Waals surface area contributed by atoms with Crippen molar-refractivity contribution >= 4 is 5.97 Å². The second-order valence-electron chi connectivity index (χ2n) is 5.37. The molecule has 0 spiro atoms. The fourth-order valence-electron chi connectivity index (χ4n) is 2.71. The van der Waals surface area contributed by atoms with Gasteiger partial charge in [-0.2, -0.15) is 5.06 Å². The van der Waals surface area contributed by atoms with Gasteiger partial charge in [-0.15, -0.1) is 0 Å². The molecule has 0 aliphatic carbocycles. The van der Waals surface area contributed by atoms with E-state index in [0.29, 0.717) is 13.0 Å². The van der Waals surface area contributed by atoms with Crippen LogP contribution in [0.1, 0.15) is 30.5 Å². The van der Waals surface area contributed by atoms with Crippen LogP contribution < -0.4 is 0 Å². The lowest BCUT2D eigenvalue weighted by molar-refractivity contribution is -0.239. The maximum Gasteiger partial charge on any atom is 0.304 e. The molecule has 0 aromatic heterocycles. The fraction of sp³-hybridized carbons (Fsp3) is 0.278. The number of esters is 1. The Labute approximate surface area is 130 Å². The van der Waals surface area contributed by atoms with E-state index in [1.54, 1.807) is 0 Å². The number of ether oxygens (including phenoxy) is 1. The third-order valence-corrected chi connectivity index (χ3v) is 3.68. The van der Waals surface area contributed by atoms with E-state index < -0.39 is 6.29 Å². The second kappa shape index (κ2) is 6.73. The van der Waals surface area contributed by atoms with Crippen LogP contribution in [0.2, 0.25) is 0 Å². The lowest BCUT2D eigenvalue weighted by Crippen LogP contribution is -2.23. The average Bonchev–Trinajstić information content (AvgIpc) is 2.91. The molecule has 0 saturated carbocycles. The zero-order valence-electron chi connectivity index (χ0n) is 12.5. The Morgan fingerprint density at radius 1 is 1.14 bits per heavy atom. The van der Waals surface area contributed by atoms with Crippen LogP contribution >= 0.6 is 0 Å². The first kappa shape index (κ1) is 14.8. The van der Waals surface area contributed by atoms with E-state index in [2.05, 4.69) is 24.3 Å². The van der Waals surface area contributed by atoms with Gasteiger partial charge in [-0.1, -0.05) is 60.7 Å². The summed E-state index contributed by atoms with van der Waals surface area (Å²) in [6.45, 7) is 2.05. The molecule has 4 heteroatoms. The van der Waals surface area contributed by atoms with Crippen molar-refractivity contribution in [3.63, 3.8) is 0 Å². The van der Waals surface area contributed by atoms with E-state index in [1.165, 1.54) is 6.92 Å². The number of nitrogens with zero attached hydrogens (tertiary/aromatic N) is 1. The molecule has 0 unspecified atom stereocenters. The number of carbonyl (C=O) groups excluding carboxylic acids is 1. The predicted octanol–water partition coefficient (Wildman–Crippen LogP) is 3.45. The summed E-state index contributed by atoms with van der Waals surface area (Å²) in [5.74, 6) is -0.321. The lowest BCUT2D eigenvalue weighted by Gasteiger charge is -2.22. The van der Waals surface area contributed by atoms with Crippen molar-refractivity contribution < 1.29 is 14.4 Å². The first-order valence-corrected chi connectivity index (χ1v) is 7.42. The van der Waals surface area contributed by atoms with E-state index in [1.807, 2.05) is 41.5 Å². The molecule has 1 heterocycles. The minimum absolute atomic E-state index is 0.0748. The molecule has 2 aromatic carbocycles. The Morgan fingerprint density at radius 2 is 1.77 bits per heavy atom. The highest BCUT2D eigenvalue weighted by Gasteiger charge is 2.36. The predicted molar refractivity (Wildman–Crippen MR) is 82.4 cm³/mol. The summed E-state index contributed by atoms with van der Waals surface area (Å²) in [6.07, 6.45) is 0.114. The highest BCUT2D eigenvalue weighted by molar-refractivity contribution is 5.66. The molecule has 1 saturated heterocycles. The largest absolute Gasteiger partial charge is 0.434 e. The Balaban J connectivity index is 1.79. The zero-order valence-corrected chi connectivity index (χ0v) is 12.5. The van der Waals surface area contributed by atoms with Crippen LogP contribution in [-0.4, -0.2) is 17.3 Å². The number of hydrogen-bond acceptors (Lipinski definition) is 4. The van der Waals surface area contributed by atoms with Crippen LogP contribution in [0.25, 0.3) is 0 Å². The molecule has 114 valence electrons. The van der Waals surface area contributed by atoms with E-state index >= 15 is 0 Å². The minimum atomic E-state index is -0.522.